The summed E-state index contributed by atoms with van der Waals surface area (Å²) in [6, 6.07) is 6.89. The summed E-state index contributed by atoms with van der Waals surface area (Å²) in [6.45, 7) is 3.65. The number of thiophene rings is 1. The van der Waals surface area contributed by atoms with Crippen molar-refractivity contribution in [2.75, 3.05) is 11.9 Å². The summed E-state index contributed by atoms with van der Waals surface area (Å²) >= 11 is 1.38. The number of ether oxygens (including phenoxy) is 1. The van der Waals surface area contributed by atoms with Gasteiger partial charge in [0, 0.05) is 4.88 Å². The van der Waals surface area contributed by atoms with E-state index in [-0.39, 0.29) is 0 Å². The van der Waals surface area contributed by atoms with Gasteiger partial charge >= 0.3 is 5.97 Å². The van der Waals surface area contributed by atoms with Crippen LogP contribution in [-0.2, 0) is 22.4 Å². The summed E-state index contributed by atoms with van der Waals surface area (Å²) < 4.78 is 5.06. The molecule has 0 bridgehead atoms. The highest BCUT2D eigenvalue weighted by atomic mass is 32.1. The third-order valence-corrected chi connectivity index (χ3v) is 5.80. The zero-order chi connectivity index (χ0) is 19.6. The molecule has 3 rings (SSSR count). The van der Waals surface area contributed by atoms with Crippen LogP contribution >= 0.6 is 11.3 Å². The van der Waals surface area contributed by atoms with E-state index < -0.39 is 24.4 Å². The molecular formula is C20H22N2O4S. The maximum atomic E-state index is 12.2. The van der Waals surface area contributed by atoms with Crippen LogP contribution in [-0.4, -0.2) is 24.4 Å². The number of carbonyl (C=O) groups excluding carboxylic acids is 3. The third-order valence-electron chi connectivity index (χ3n) is 4.63. The molecular weight excluding hydrogens is 364 g/mol. The highest BCUT2D eigenvalue weighted by Crippen LogP contribution is 2.39. The van der Waals surface area contributed by atoms with Gasteiger partial charge in [-0.05, 0) is 49.8 Å². The van der Waals surface area contributed by atoms with E-state index in [0.29, 0.717) is 22.0 Å². The van der Waals surface area contributed by atoms with E-state index in [1.807, 2.05) is 6.92 Å². The van der Waals surface area contributed by atoms with Gasteiger partial charge in [-0.25, -0.2) is 4.79 Å². The lowest BCUT2D eigenvalue weighted by Gasteiger charge is -2.18. The Kier molecular flexibility index (Phi) is 5.60. The molecule has 7 heteroatoms. The zero-order valence-electron chi connectivity index (χ0n) is 15.3. The summed E-state index contributed by atoms with van der Waals surface area (Å²) in [6.07, 6.45) is 2.65. The largest absolute Gasteiger partial charge is 0.452 e. The minimum absolute atomic E-state index is 0.381. The Bertz CT molecular complexity index is 886. The first-order valence-corrected chi connectivity index (χ1v) is 9.64. The Balaban J connectivity index is 1.66. The van der Waals surface area contributed by atoms with Crippen LogP contribution in [0.3, 0.4) is 0 Å². The highest BCUT2D eigenvalue weighted by molar-refractivity contribution is 7.17. The molecule has 0 radical (unpaired) electrons. The number of benzene rings is 1. The van der Waals surface area contributed by atoms with Crippen LogP contribution in [0.2, 0.25) is 0 Å². The average molecular weight is 386 g/mol. The summed E-state index contributed by atoms with van der Waals surface area (Å²) in [5, 5.41) is 3.12. The van der Waals surface area contributed by atoms with Crippen molar-refractivity contribution in [1.29, 1.82) is 0 Å². The molecule has 3 N–H and O–H groups in total. The lowest BCUT2D eigenvalue weighted by Crippen LogP contribution is -2.23. The predicted octanol–water partition coefficient (Wildman–Crippen LogP) is 3.08. The van der Waals surface area contributed by atoms with Crippen LogP contribution in [0.1, 0.15) is 50.1 Å². The van der Waals surface area contributed by atoms with E-state index in [1.54, 1.807) is 24.3 Å². The van der Waals surface area contributed by atoms with E-state index >= 15 is 0 Å². The maximum absolute atomic E-state index is 12.2. The number of hydrogen-bond acceptors (Lipinski definition) is 5. The number of nitrogens with one attached hydrogen (secondary N) is 1. The van der Waals surface area contributed by atoms with Crippen LogP contribution in [0.5, 0.6) is 0 Å². The molecule has 0 spiro atoms. The van der Waals surface area contributed by atoms with Crippen molar-refractivity contribution in [3.05, 3.63) is 51.4 Å². The number of carbonyl (C=O) groups is 3. The molecule has 1 heterocycles. The summed E-state index contributed by atoms with van der Waals surface area (Å²) in [5.74, 6) is -1.07. The second-order valence-electron chi connectivity index (χ2n) is 6.91. The topological polar surface area (TPSA) is 98.5 Å². The Morgan fingerprint density at radius 2 is 1.96 bits per heavy atom. The fourth-order valence-electron chi connectivity index (χ4n) is 3.17. The Morgan fingerprint density at radius 3 is 2.63 bits per heavy atom. The molecule has 27 heavy (non-hydrogen) atoms. The first-order valence-electron chi connectivity index (χ1n) is 8.83. The average Bonchev–Trinajstić information content (AvgIpc) is 2.97. The van der Waals surface area contributed by atoms with Gasteiger partial charge in [0.15, 0.2) is 6.61 Å². The van der Waals surface area contributed by atoms with Crippen molar-refractivity contribution in [2.45, 2.75) is 33.1 Å². The van der Waals surface area contributed by atoms with Gasteiger partial charge in [0.1, 0.15) is 5.00 Å². The standard InChI is InChI=1S/C20H22N2O4S/c1-11-3-6-13(7-4-11)20(25)26-10-16(23)22-19-17(18(21)24)14-8-5-12(2)9-15(14)27-19/h3-4,6-7,12H,5,8-10H2,1-2H3,(H2,21,24)(H,22,23)/t12-/m0/s1. The van der Waals surface area contributed by atoms with Crippen molar-refractivity contribution >= 4 is 34.1 Å². The molecule has 2 aromatic rings. The molecule has 0 aliphatic heterocycles. The summed E-state index contributed by atoms with van der Waals surface area (Å²) in [7, 11) is 0. The Labute approximate surface area is 161 Å². The number of nitrogens with two attached hydrogens (primary N) is 1. The molecule has 1 aliphatic carbocycles. The molecule has 1 aromatic carbocycles. The molecule has 142 valence electrons. The molecule has 0 saturated carbocycles. The van der Waals surface area contributed by atoms with Crippen molar-refractivity contribution < 1.29 is 19.1 Å². The molecule has 0 saturated heterocycles. The number of hydrogen-bond donors (Lipinski definition) is 2. The summed E-state index contributed by atoms with van der Waals surface area (Å²) in [4.78, 5) is 37.2. The normalized spacial score (nSPS) is 15.7. The molecule has 1 aliphatic rings. The predicted molar refractivity (Wildman–Crippen MR) is 104 cm³/mol. The van der Waals surface area contributed by atoms with Crippen LogP contribution < -0.4 is 11.1 Å². The second-order valence-corrected chi connectivity index (χ2v) is 8.02. The van der Waals surface area contributed by atoms with Crippen LogP contribution in [0, 0.1) is 12.8 Å². The number of fused-ring (bicyclic) bond motifs is 1. The minimum Gasteiger partial charge on any atom is -0.452 e. The van der Waals surface area contributed by atoms with Gasteiger partial charge in [0.25, 0.3) is 11.8 Å². The van der Waals surface area contributed by atoms with E-state index in [9.17, 15) is 14.4 Å². The molecule has 1 atom stereocenters. The monoisotopic (exact) mass is 386 g/mol. The lowest BCUT2D eigenvalue weighted by molar-refractivity contribution is -0.119. The smallest absolute Gasteiger partial charge is 0.338 e. The number of anilines is 1. The van der Waals surface area contributed by atoms with E-state index in [2.05, 4.69) is 12.2 Å². The molecule has 2 amide bonds. The van der Waals surface area contributed by atoms with Crippen LogP contribution in [0.15, 0.2) is 24.3 Å². The number of rotatable bonds is 5. The van der Waals surface area contributed by atoms with Crippen molar-refractivity contribution in [2.24, 2.45) is 11.7 Å². The quantitative estimate of drug-likeness (QED) is 0.772. The zero-order valence-corrected chi connectivity index (χ0v) is 16.2. The highest BCUT2D eigenvalue weighted by Gasteiger charge is 2.27. The molecule has 1 aromatic heterocycles. The SMILES string of the molecule is Cc1ccc(C(=O)OCC(=O)Nc2sc3c(c2C(N)=O)CC[C@H](C)C3)cc1. The molecule has 0 unspecified atom stereocenters. The maximum Gasteiger partial charge on any atom is 0.338 e. The minimum atomic E-state index is -0.570. The van der Waals surface area contributed by atoms with Gasteiger partial charge in [-0.3, -0.25) is 9.59 Å². The van der Waals surface area contributed by atoms with Gasteiger partial charge < -0.3 is 15.8 Å². The van der Waals surface area contributed by atoms with Crippen LogP contribution in [0.25, 0.3) is 0 Å². The Morgan fingerprint density at radius 1 is 1.26 bits per heavy atom. The van der Waals surface area contributed by atoms with Crippen molar-refractivity contribution in [3.8, 4) is 0 Å². The third kappa shape index (κ3) is 4.36. The summed E-state index contributed by atoms with van der Waals surface area (Å²) in [5.41, 5.74) is 8.27. The fraction of sp³-hybridized carbons (Fsp3) is 0.350. The van der Waals surface area contributed by atoms with Gasteiger partial charge in [0.05, 0.1) is 11.1 Å². The second kappa shape index (κ2) is 7.92. The van der Waals surface area contributed by atoms with Crippen molar-refractivity contribution in [3.63, 3.8) is 0 Å². The first kappa shape index (κ1) is 19.1. The van der Waals surface area contributed by atoms with Crippen molar-refractivity contribution in [1.82, 2.24) is 0 Å². The van der Waals surface area contributed by atoms with E-state index in [0.717, 1.165) is 35.3 Å². The number of primary amides is 1. The number of esters is 1. The van der Waals surface area contributed by atoms with Gasteiger partial charge in [-0.2, -0.15) is 0 Å². The van der Waals surface area contributed by atoms with Gasteiger partial charge in [-0.1, -0.05) is 24.6 Å². The number of amides is 2. The Hall–Kier alpha value is -2.67. The first-order chi connectivity index (χ1) is 12.8. The molecule has 6 nitrogen and oxygen atoms in total. The number of aryl methyl sites for hydroxylation is 1. The van der Waals surface area contributed by atoms with Crippen LogP contribution in [0.4, 0.5) is 5.00 Å². The van der Waals surface area contributed by atoms with E-state index in [1.165, 1.54) is 11.3 Å². The van der Waals surface area contributed by atoms with Gasteiger partial charge in [-0.15, -0.1) is 11.3 Å². The van der Waals surface area contributed by atoms with Gasteiger partial charge in [0.2, 0.25) is 0 Å². The lowest BCUT2D eigenvalue weighted by atomic mass is 9.88. The van der Waals surface area contributed by atoms with E-state index in [4.69, 9.17) is 10.5 Å². The fourth-order valence-corrected chi connectivity index (χ4v) is 4.60. The molecule has 0 fully saturated rings.